The molecule has 0 atom stereocenters. The molecule has 0 amide bonds. The summed E-state index contributed by atoms with van der Waals surface area (Å²) in [7, 11) is 0. The van der Waals surface area contributed by atoms with Gasteiger partial charge < -0.3 is 0 Å². The average Bonchev–Trinajstić information content (AvgIpc) is 2.30. The average molecular weight is 308 g/mol. The second-order valence-electron chi connectivity index (χ2n) is 3.19. The van der Waals surface area contributed by atoms with Crippen LogP contribution in [0.1, 0.15) is 10.4 Å². The van der Waals surface area contributed by atoms with Gasteiger partial charge in [0.05, 0.1) is 0 Å². The van der Waals surface area contributed by atoms with Crippen LogP contribution in [-0.2, 0) is 0 Å². The zero-order valence-corrected chi connectivity index (χ0v) is 10.1. The lowest BCUT2D eigenvalue weighted by Crippen LogP contribution is -1.91. The van der Waals surface area contributed by atoms with E-state index in [9.17, 15) is 4.79 Å². The topological polar surface area (TPSA) is 17.1 Å². The first-order valence-corrected chi connectivity index (χ1v) is 5.71. The van der Waals surface area contributed by atoms with E-state index in [1.54, 1.807) is 0 Å². The Labute approximate surface area is 102 Å². The molecule has 0 N–H and O–H groups in total. The molecule has 0 aliphatic carbocycles. The van der Waals surface area contributed by atoms with Crippen LogP contribution in [0.15, 0.2) is 54.6 Å². The second kappa shape index (κ2) is 4.57. The number of carbonyl (C=O) groups excluding carboxylic acids is 1. The van der Waals surface area contributed by atoms with Gasteiger partial charge in [-0.3, -0.25) is 4.79 Å². The molecule has 1 nitrogen and oxygen atoms in total. The van der Waals surface area contributed by atoms with Crippen LogP contribution in [0.25, 0.3) is 11.1 Å². The Morgan fingerprint density at radius 3 is 2.13 bits per heavy atom. The molecule has 2 aromatic carbocycles. The normalized spacial score (nSPS) is 9.93. The molecular formula is C13H9IO. The van der Waals surface area contributed by atoms with E-state index >= 15 is 0 Å². The molecule has 0 radical (unpaired) electrons. The van der Waals surface area contributed by atoms with Crippen LogP contribution in [0.3, 0.4) is 0 Å². The van der Waals surface area contributed by atoms with E-state index in [0.29, 0.717) is 0 Å². The molecular weight excluding hydrogens is 299 g/mol. The molecule has 2 rings (SSSR count). The molecule has 0 bridgehead atoms. The van der Waals surface area contributed by atoms with Gasteiger partial charge in [0.25, 0.3) is 0 Å². The predicted molar refractivity (Wildman–Crippen MR) is 70.2 cm³/mol. The van der Waals surface area contributed by atoms with Crippen LogP contribution >= 0.6 is 22.6 Å². The highest BCUT2D eigenvalue weighted by Crippen LogP contribution is 2.24. The Kier molecular flexibility index (Phi) is 3.16. The fourth-order valence-electron chi connectivity index (χ4n) is 1.52. The van der Waals surface area contributed by atoms with Crippen LogP contribution in [0.4, 0.5) is 0 Å². The quantitative estimate of drug-likeness (QED) is 0.607. The first-order valence-electron chi connectivity index (χ1n) is 4.63. The zero-order chi connectivity index (χ0) is 10.7. The summed E-state index contributed by atoms with van der Waals surface area (Å²) < 4.78 is 0.0760. The number of benzene rings is 2. The lowest BCUT2D eigenvalue weighted by molar-refractivity contribution is 0.110. The molecule has 0 aliphatic heterocycles. The minimum Gasteiger partial charge on any atom is -0.282 e. The molecule has 15 heavy (non-hydrogen) atoms. The largest absolute Gasteiger partial charge is 0.282 e. The Balaban J connectivity index is 2.58. The van der Waals surface area contributed by atoms with Gasteiger partial charge in [-0.1, -0.05) is 48.5 Å². The van der Waals surface area contributed by atoms with Gasteiger partial charge in [-0.25, -0.2) is 0 Å². The first kappa shape index (κ1) is 10.4. The smallest absolute Gasteiger partial charge is 0.223 e. The third-order valence-electron chi connectivity index (χ3n) is 2.22. The Morgan fingerprint density at radius 2 is 1.47 bits per heavy atom. The number of rotatable bonds is 2. The Hall–Kier alpha value is -1.16. The van der Waals surface area contributed by atoms with E-state index in [0.717, 1.165) is 16.7 Å². The zero-order valence-electron chi connectivity index (χ0n) is 7.98. The van der Waals surface area contributed by atoms with Crippen molar-refractivity contribution in [2.75, 3.05) is 0 Å². The fraction of sp³-hybridized carbons (Fsp3) is 0. The summed E-state index contributed by atoms with van der Waals surface area (Å²) in [6, 6.07) is 17.6. The van der Waals surface area contributed by atoms with E-state index in [1.165, 1.54) is 0 Å². The van der Waals surface area contributed by atoms with Crippen LogP contribution in [0.5, 0.6) is 0 Å². The number of carbonyl (C=O) groups is 1. The fourth-order valence-corrected chi connectivity index (χ4v) is 1.99. The van der Waals surface area contributed by atoms with E-state index in [4.69, 9.17) is 0 Å². The molecule has 0 saturated heterocycles. The summed E-state index contributed by atoms with van der Waals surface area (Å²) in [6.45, 7) is 0. The van der Waals surface area contributed by atoms with Gasteiger partial charge in [0, 0.05) is 28.2 Å². The SMILES string of the molecule is O=C(I)c1ccccc1-c1ccccc1. The van der Waals surface area contributed by atoms with Gasteiger partial charge in [0.2, 0.25) is 3.79 Å². The predicted octanol–water partition coefficient (Wildman–Crippen LogP) is 3.93. The number of hydrogen-bond donors (Lipinski definition) is 0. The van der Waals surface area contributed by atoms with Gasteiger partial charge in [-0.15, -0.1) is 0 Å². The van der Waals surface area contributed by atoms with Crippen molar-refractivity contribution in [3.05, 3.63) is 60.2 Å². The molecule has 2 heteroatoms. The van der Waals surface area contributed by atoms with Gasteiger partial charge >= 0.3 is 0 Å². The van der Waals surface area contributed by atoms with Crippen molar-refractivity contribution in [3.8, 4) is 11.1 Å². The molecule has 74 valence electrons. The van der Waals surface area contributed by atoms with Crippen LogP contribution in [0.2, 0.25) is 0 Å². The maximum Gasteiger partial charge on any atom is 0.223 e. The monoisotopic (exact) mass is 308 g/mol. The summed E-state index contributed by atoms with van der Waals surface area (Å²) in [5, 5.41) is 0. The van der Waals surface area contributed by atoms with Gasteiger partial charge in [0.1, 0.15) is 0 Å². The molecule has 0 unspecified atom stereocenters. The molecule has 2 aromatic rings. The minimum absolute atomic E-state index is 0.0760. The van der Waals surface area contributed by atoms with Crippen molar-refractivity contribution in [3.63, 3.8) is 0 Å². The first-order chi connectivity index (χ1) is 7.29. The van der Waals surface area contributed by atoms with Crippen molar-refractivity contribution in [1.29, 1.82) is 0 Å². The van der Waals surface area contributed by atoms with Crippen molar-refractivity contribution < 1.29 is 4.79 Å². The molecule has 0 fully saturated rings. The molecule has 0 spiro atoms. The molecule has 0 aliphatic rings. The van der Waals surface area contributed by atoms with Gasteiger partial charge in [-0.2, -0.15) is 0 Å². The van der Waals surface area contributed by atoms with Crippen LogP contribution < -0.4 is 0 Å². The highest BCUT2D eigenvalue weighted by atomic mass is 127. The van der Waals surface area contributed by atoms with Gasteiger partial charge in [0.15, 0.2) is 0 Å². The molecule has 0 heterocycles. The molecule has 0 aromatic heterocycles. The minimum atomic E-state index is 0.0760. The highest BCUT2D eigenvalue weighted by Gasteiger charge is 2.08. The number of halogens is 1. The summed E-state index contributed by atoms with van der Waals surface area (Å²) >= 11 is 1.82. The summed E-state index contributed by atoms with van der Waals surface area (Å²) in [5.74, 6) is 0. The van der Waals surface area contributed by atoms with E-state index in [-0.39, 0.29) is 3.79 Å². The number of hydrogen-bond acceptors (Lipinski definition) is 1. The van der Waals surface area contributed by atoms with Crippen molar-refractivity contribution >= 4 is 26.4 Å². The van der Waals surface area contributed by atoms with E-state index in [2.05, 4.69) is 0 Å². The maximum atomic E-state index is 11.4. The second-order valence-corrected chi connectivity index (χ2v) is 4.17. The third kappa shape index (κ3) is 2.26. The molecule has 0 saturated carbocycles. The van der Waals surface area contributed by atoms with E-state index in [1.807, 2.05) is 77.2 Å². The third-order valence-corrected chi connectivity index (χ3v) is 2.80. The Morgan fingerprint density at radius 1 is 0.867 bits per heavy atom. The van der Waals surface area contributed by atoms with E-state index < -0.39 is 0 Å². The lowest BCUT2D eigenvalue weighted by Gasteiger charge is -2.05. The summed E-state index contributed by atoms with van der Waals surface area (Å²) in [6.07, 6.45) is 0. The summed E-state index contributed by atoms with van der Waals surface area (Å²) in [4.78, 5) is 11.4. The maximum absolute atomic E-state index is 11.4. The van der Waals surface area contributed by atoms with Crippen molar-refractivity contribution in [2.45, 2.75) is 0 Å². The van der Waals surface area contributed by atoms with Crippen LogP contribution in [0, 0.1) is 0 Å². The van der Waals surface area contributed by atoms with Crippen LogP contribution in [-0.4, -0.2) is 3.79 Å². The lowest BCUT2D eigenvalue weighted by atomic mass is 10.0. The standard InChI is InChI=1S/C13H9IO/c14-13(15)12-9-5-4-8-11(12)10-6-2-1-3-7-10/h1-9H. The Bertz CT molecular complexity index is 477. The summed E-state index contributed by atoms with van der Waals surface area (Å²) in [5.41, 5.74) is 2.85. The van der Waals surface area contributed by atoms with Crippen molar-refractivity contribution in [1.82, 2.24) is 0 Å². The van der Waals surface area contributed by atoms with Crippen molar-refractivity contribution in [2.24, 2.45) is 0 Å². The highest BCUT2D eigenvalue weighted by molar-refractivity contribution is 14.1. The van der Waals surface area contributed by atoms with Gasteiger partial charge in [-0.05, 0) is 17.2 Å².